The van der Waals surface area contributed by atoms with Crippen molar-refractivity contribution >= 4 is 11.5 Å². The highest BCUT2D eigenvalue weighted by Crippen LogP contribution is 2.27. The molecule has 80 valence electrons. The van der Waals surface area contributed by atoms with E-state index in [1.165, 1.54) is 12.1 Å². The van der Waals surface area contributed by atoms with Gasteiger partial charge >= 0.3 is 5.97 Å². The van der Waals surface area contributed by atoms with Crippen molar-refractivity contribution < 1.29 is 19.0 Å². The summed E-state index contributed by atoms with van der Waals surface area (Å²) in [7, 11) is 0. The van der Waals surface area contributed by atoms with Crippen LogP contribution in [0.3, 0.4) is 0 Å². The number of hydrogen-bond donors (Lipinski definition) is 1. The molecular formula is C11H11FO3. The Bertz CT molecular complexity index is 379. The van der Waals surface area contributed by atoms with E-state index in [-0.39, 0.29) is 23.5 Å². The lowest BCUT2D eigenvalue weighted by molar-refractivity contribution is -0.136. The Morgan fingerprint density at radius 2 is 2.27 bits per heavy atom. The molecule has 1 aromatic rings. The fourth-order valence-electron chi connectivity index (χ4n) is 1.13. The molecule has 0 spiro atoms. The number of esters is 1. The minimum atomic E-state index is -0.738. The summed E-state index contributed by atoms with van der Waals surface area (Å²) in [4.78, 5) is 11.2. The molecule has 0 saturated carbocycles. The molecule has 0 amide bonds. The molecule has 0 atom stereocenters. The number of carbonyl (C=O) groups is 1. The number of halogens is 1. The molecule has 0 saturated heterocycles. The summed E-state index contributed by atoms with van der Waals surface area (Å²) in [6, 6.07) is 3.76. The Morgan fingerprint density at radius 3 is 2.80 bits per heavy atom. The lowest BCUT2D eigenvalue weighted by Gasteiger charge is -2.07. The van der Waals surface area contributed by atoms with Gasteiger partial charge in [0.25, 0.3) is 0 Å². The molecule has 0 aliphatic rings. The quantitative estimate of drug-likeness (QED) is 0.614. The van der Waals surface area contributed by atoms with Crippen molar-refractivity contribution in [2.45, 2.75) is 6.92 Å². The summed E-state index contributed by atoms with van der Waals surface area (Å²) in [6.45, 7) is 5.20. The number of ether oxygens (including phenoxy) is 1. The predicted molar refractivity (Wildman–Crippen MR) is 53.7 cm³/mol. The summed E-state index contributed by atoms with van der Waals surface area (Å²) >= 11 is 0. The maximum atomic E-state index is 13.3. The number of carbonyl (C=O) groups excluding carboxylic acids is 1. The minimum Gasteiger partial charge on any atom is -0.507 e. The monoisotopic (exact) mass is 210 g/mol. The molecule has 1 rings (SSSR count). The van der Waals surface area contributed by atoms with Crippen LogP contribution in [-0.2, 0) is 9.53 Å². The smallest absolute Gasteiger partial charge is 0.338 e. The van der Waals surface area contributed by atoms with Gasteiger partial charge in [-0.2, -0.15) is 0 Å². The van der Waals surface area contributed by atoms with Crippen LogP contribution in [0.5, 0.6) is 5.75 Å². The second kappa shape index (κ2) is 4.59. The first kappa shape index (κ1) is 11.2. The van der Waals surface area contributed by atoms with Crippen LogP contribution in [0.4, 0.5) is 4.39 Å². The molecule has 1 aromatic carbocycles. The summed E-state index contributed by atoms with van der Waals surface area (Å²) < 4.78 is 17.9. The number of benzene rings is 1. The predicted octanol–water partition coefficient (Wildman–Crippen LogP) is 2.11. The lowest BCUT2D eigenvalue weighted by Crippen LogP contribution is -2.07. The Kier molecular flexibility index (Phi) is 3.44. The van der Waals surface area contributed by atoms with Gasteiger partial charge in [-0.25, -0.2) is 9.18 Å². The maximum Gasteiger partial charge on any atom is 0.338 e. The van der Waals surface area contributed by atoms with Gasteiger partial charge in [-0.1, -0.05) is 12.6 Å². The van der Waals surface area contributed by atoms with Gasteiger partial charge in [-0.15, -0.1) is 0 Å². The zero-order valence-electron chi connectivity index (χ0n) is 8.29. The van der Waals surface area contributed by atoms with E-state index in [0.717, 1.165) is 6.07 Å². The van der Waals surface area contributed by atoms with Gasteiger partial charge in [0.2, 0.25) is 0 Å². The average Bonchev–Trinajstić information content (AvgIpc) is 2.17. The SMILES string of the molecule is C=C(C(=O)OCC)c1c(O)cccc1F. The zero-order valence-corrected chi connectivity index (χ0v) is 8.29. The third-order valence-electron chi connectivity index (χ3n) is 1.82. The number of phenols is 1. The Balaban J connectivity index is 3.06. The molecule has 4 heteroatoms. The van der Waals surface area contributed by atoms with Crippen LogP contribution < -0.4 is 0 Å². The van der Waals surface area contributed by atoms with Gasteiger partial charge in [0, 0.05) is 0 Å². The van der Waals surface area contributed by atoms with Gasteiger partial charge in [0.15, 0.2) is 0 Å². The van der Waals surface area contributed by atoms with Gasteiger partial charge in [-0.05, 0) is 19.1 Å². The standard InChI is InChI=1S/C11H11FO3/c1-3-15-11(14)7(2)10-8(12)5-4-6-9(10)13/h4-6,13H,2-3H2,1H3. The molecule has 0 aromatic heterocycles. The molecule has 1 N–H and O–H groups in total. The van der Waals surface area contributed by atoms with E-state index in [2.05, 4.69) is 11.3 Å². The molecule has 0 bridgehead atoms. The summed E-state index contributed by atoms with van der Waals surface area (Å²) in [5.74, 6) is -1.76. The summed E-state index contributed by atoms with van der Waals surface area (Å²) in [5.41, 5.74) is -0.400. The number of phenolic OH excluding ortho intramolecular Hbond substituents is 1. The van der Waals surface area contributed by atoms with E-state index in [0.29, 0.717) is 0 Å². The number of rotatable bonds is 3. The fraction of sp³-hybridized carbons (Fsp3) is 0.182. The Hall–Kier alpha value is -1.84. The molecule has 0 unspecified atom stereocenters. The van der Waals surface area contributed by atoms with E-state index in [1.54, 1.807) is 6.92 Å². The topological polar surface area (TPSA) is 46.5 Å². The Labute approximate surface area is 86.8 Å². The van der Waals surface area contributed by atoms with E-state index in [1.807, 2.05) is 0 Å². The molecule has 0 fully saturated rings. The van der Waals surface area contributed by atoms with Gasteiger partial charge < -0.3 is 9.84 Å². The first-order chi connectivity index (χ1) is 7.07. The highest BCUT2D eigenvalue weighted by Gasteiger charge is 2.18. The minimum absolute atomic E-state index is 0.174. The average molecular weight is 210 g/mol. The largest absolute Gasteiger partial charge is 0.507 e. The zero-order chi connectivity index (χ0) is 11.4. The van der Waals surface area contributed by atoms with Crippen LogP contribution in [0.1, 0.15) is 12.5 Å². The van der Waals surface area contributed by atoms with E-state index >= 15 is 0 Å². The van der Waals surface area contributed by atoms with Crippen molar-refractivity contribution in [2.24, 2.45) is 0 Å². The van der Waals surface area contributed by atoms with Crippen molar-refractivity contribution in [1.29, 1.82) is 0 Å². The number of aromatic hydroxyl groups is 1. The van der Waals surface area contributed by atoms with Crippen LogP contribution in [0.15, 0.2) is 24.8 Å². The van der Waals surface area contributed by atoms with Crippen LogP contribution in [0.2, 0.25) is 0 Å². The molecular weight excluding hydrogens is 199 g/mol. The molecule has 0 aliphatic heterocycles. The summed E-state index contributed by atoms with van der Waals surface area (Å²) in [6.07, 6.45) is 0. The normalized spacial score (nSPS) is 9.73. The molecule has 15 heavy (non-hydrogen) atoms. The van der Waals surface area contributed by atoms with Crippen molar-refractivity contribution in [3.63, 3.8) is 0 Å². The maximum absolute atomic E-state index is 13.3. The van der Waals surface area contributed by atoms with Gasteiger partial charge in [0.1, 0.15) is 11.6 Å². The van der Waals surface area contributed by atoms with Gasteiger partial charge in [-0.3, -0.25) is 0 Å². The molecule has 3 nitrogen and oxygen atoms in total. The first-order valence-electron chi connectivity index (χ1n) is 4.41. The van der Waals surface area contributed by atoms with Crippen LogP contribution in [0, 0.1) is 5.82 Å². The van der Waals surface area contributed by atoms with E-state index < -0.39 is 11.8 Å². The summed E-state index contributed by atoms with van der Waals surface area (Å²) in [5, 5.41) is 9.37. The Morgan fingerprint density at radius 1 is 1.60 bits per heavy atom. The lowest BCUT2D eigenvalue weighted by atomic mass is 10.1. The second-order valence-electron chi connectivity index (χ2n) is 2.83. The van der Waals surface area contributed by atoms with Crippen molar-refractivity contribution in [3.05, 3.63) is 36.2 Å². The van der Waals surface area contributed by atoms with Crippen LogP contribution >= 0.6 is 0 Å². The van der Waals surface area contributed by atoms with Gasteiger partial charge in [0.05, 0.1) is 17.7 Å². The van der Waals surface area contributed by atoms with Crippen LogP contribution in [0.25, 0.3) is 5.57 Å². The van der Waals surface area contributed by atoms with Crippen molar-refractivity contribution in [2.75, 3.05) is 6.61 Å². The highest BCUT2D eigenvalue weighted by atomic mass is 19.1. The first-order valence-corrected chi connectivity index (χ1v) is 4.41. The second-order valence-corrected chi connectivity index (χ2v) is 2.83. The molecule has 0 radical (unpaired) electrons. The third kappa shape index (κ3) is 2.34. The fourth-order valence-corrected chi connectivity index (χ4v) is 1.13. The number of hydrogen-bond acceptors (Lipinski definition) is 3. The third-order valence-corrected chi connectivity index (χ3v) is 1.82. The molecule has 0 heterocycles. The van der Waals surface area contributed by atoms with E-state index in [4.69, 9.17) is 0 Å². The van der Waals surface area contributed by atoms with E-state index in [9.17, 15) is 14.3 Å². The molecule has 0 aliphatic carbocycles. The van der Waals surface area contributed by atoms with Crippen molar-refractivity contribution in [3.8, 4) is 5.75 Å². The van der Waals surface area contributed by atoms with Crippen LogP contribution in [-0.4, -0.2) is 17.7 Å². The highest BCUT2D eigenvalue weighted by molar-refractivity contribution is 6.16. The van der Waals surface area contributed by atoms with Crippen molar-refractivity contribution in [1.82, 2.24) is 0 Å².